The Morgan fingerprint density at radius 3 is 2.69 bits per heavy atom. The Morgan fingerprint density at radius 2 is 1.93 bits per heavy atom. The van der Waals surface area contributed by atoms with Gasteiger partial charge < -0.3 is 4.74 Å². The average Bonchev–Trinajstić information content (AvgIpc) is 3.27. The third-order valence-electron chi connectivity index (χ3n) is 5.71. The van der Waals surface area contributed by atoms with Crippen molar-refractivity contribution in [1.82, 2.24) is 9.78 Å². The lowest BCUT2D eigenvalue weighted by atomic mass is 9.87. The van der Waals surface area contributed by atoms with Gasteiger partial charge in [0.2, 0.25) is 5.78 Å². The summed E-state index contributed by atoms with van der Waals surface area (Å²) >= 11 is 0. The number of ketones is 2. The van der Waals surface area contributed by atoms with Gasteiger partial charge in [0.1, 0.15) is 11.4 Å². The maximum Gasteiger partial charge on any atom is 0.208 e. The fraction of sp³-hybridized carbons (Fsp3) is 0.217. The maximum absolute atomic E-state index is 13.3. The summed E-state index contributed by atoms with van der Waals surface area (Å²) in [5, 5.41) is 14.1. The molecule has 0 spiro atoms. The zero-order valence-electron chi connectivity index (χ0n) is 15.8. The van der Waals surface area contributed by atoms with Crippen molar-refractivity contribution in [3.8, 4) is 23.1 Å². The number of aryl methyl sites for hydroxylation is 1. The molecule has 5 rings (SSSR count). The molecule has 6 nitrogen and oxygen atoms in total. The summed E-state index contributed by atoms with van der Waals surface area (Å²) in [5.74, 6) is -1.64. The van der Waals surface area contributed by atoms with Crippen molar-refractivity contribution in [2.75, 3.05) is 6.61 Å². The van der Waals surface area contributed by atoms with E-state index in [4.69, 9.17) is 4.74 Å². The number of nitriles is 1. The van der Waals surface area contributed by atoms with Crippen LogP contribution in [0.2, 0.25) is 0 Å². The molecule has 0 saturated heterocycles. The standard InChI is InChI=1S/C23H17N3O3/c1-26-21-15-8-5-9-17-18(15)14(10-11-29-17)19(21)20(25-26)23(28)16(12-24)22(27)13-6-3-2-4-7-13/h2-9,14,16H,10-11H2,1H3. The summed E-state index contributed by atoms with van der Waals surface area (Å²) in [5.41, 5.74) is 4.30. The van der Waals surface area contributed by atoms with Gasteiger partial charge in [-0.25, -0.2) is 0 Å². The average molecular weight is 383 g/mol. The van der Waals surface area contributed by atoms with Gasteiger partial charge in [-0.2, -0.15) is 10.4 Å². The predicted octanol–water partition coefficient (Wildman–Crippen LogP) is 3.52. The fourth-order valence-electron chi connectivity index (χ4n) is 4.47. The van der Waals surface area contributed by atoms with Gasteiger partial charge in [-0.1, -0.05) is 42.5 Å². The maximum atomic E-state index is 13.3. The molecule has 0 bridgehead atoms. The minimum absolute atomic E-state index is 0.0104. The summed E-state index contributed by atoms with van der Waals surface area (Å²) in [7, 11) is 1.79. The van der Waals surface area contributed by atoms with Crippen LogP contribution in [0.15, 0.2) is 48.5 Å². The largest absolute Gasteiger partial charge is 0.493 e. The first kappa shape index (κ1) is 17.4. The molecule has 29 heavy (non-hydrogen) atoms. The first-order chi connectivity index (χ1) is 14.1. The summed E-state index contributed by atoms with van der Waals surface area (Å²) in [6, 6.07) is 16.2. The topological polar surface area (TPSA) is 85.0 Å². The number of rotatable bonds is 4. The Bertz CT molecular complexity index is 1200. The van der Waals surface area contributed by atoms with E-state index in [0.29, 0.717) is 12.2 Å². The normalized spacial score (nSPS) is 16.9. The van der Waals surface area contributed by atoms with E-state index in [1.165, 1.54) is 0 Å². The molecule has 0 radical (unpaired) electrons. The Kier molecular flexibility index (Phi) is 3.85. The van der Waals surface area contributed by atoms with E-state index in [-0.39, 0.29) is 11.6 Å². The monoisotopic (exact) mass is 383 g/mol. The van der Waals surface area contributed by atoms with Crippen LogP contribution >= 0.6 is 0 Å². The smallest absolute Gasteiger partial charge is 0.208 e. The molecule has 2 aliphatic rings. The molecule has 3 aromatic rings. The number of hydrogen-bond acceptors (Lipinski definition) is 5. The lowest BCUT2D eigenvalue weighted by Gasteiger charge is -2.23. The lowest BCUT2D eigenvalue weighted by Crippen LogP contribution is -2.25. The van der Waals surface area contributed by atoms with Gasteiger partial charge in [0.25, 0.3) is 0 Å². The molecule has 1 aliphatic heterocycles. The zero-order valence-corrected chi connectivity index (χ0v) is 15.8. The van der Waals surface area contributed by atoms with E-state index in [9.17, 15) is 14.9 Å². The molecule has 0 fully saturated rings. The minimum Gasteiger partial charge on any atom is -0.493 e. The number of aromatic nitrogens is 2. The van der Waals surface area contributed by atoms with Gasteiger partial charge in [0, 0.05) is 35.2 Å². The molecule has 0 saturated carbocycles. The van der Waals surface area contributed by atoms with E-state index >= 15 is 0 Å². The number of hydrogen-bond donors (Lipinski definition) is 0. The Morgan fingerprint density at radius 1 is 1.14 bits per heavy atom. The molecule has 1 aliphatic carbocycles. The van der Waals surface area contributed by atoms with Crippen molar-refractivity contribution in [3.63, 3.8) is 0 Å². The lowest BCUT2D eigenvalue weighted by molar-refractivity contribution is 0.0841. The van der Waals surface area contributed by atoms with Crippen LogP contribution in [0.4, 0.5) is 0 Å². The van der Waals surface area contributed by atoms with Crippen molar-refractivity contribution >= 4 is 11.6 Å². The predicted molar refractivity (Wildman–Crippen MR) is 105 cm³/mol. The number of ether oxygens (including phenoxy) is 1. The van der Waals surface area contributed by atoms with Crippen molar-refractivity contribution in [2.45, 2.75) is 12.3 Å². The van der Waals surface area contributed by atoms with Gasteiger partial charge in [-0.3, -0.25) is 14.3 Å². The summed E-state index contributed by atoms with van der Waals surface area (Å²) in [6.45, 7) is 0.549. The highest BCUT2D eigenvalue weighted by Gasteiger charge is 2.42. The second-order valence-corrected chi connectivity index (χ2v) is 7.30. The fourth-order valence-corrected chi connectivity index (χ4v) is 4.47. The molecule has 1 aromatic heterocycles. The van der Waals surface area contributed by atoms with Crippen LogP contribution in [0, 0.1) is 17.2 Å². The number of carbonyl (C=O) groups is 2. The number of fused-ring (bicyclic) bond motifs is 3. The van der Waals surface area contributed by atoms with Crippen LogP contribution in [0.3, 0.4) is 0 Å². The van der Waals surface area contributed by atoms with Crippen LogP contribution < -0.4 is 4.74 Å². The van der Waals surface area contributed by atoms with E-state index in [1.54, 1.807) is 42.1 Å². The third kappa shape index (κ3) is 2.44. The molecule has 0 amide bonds. The zero-order chi connectivity index (χ0) is 20.1. The highest BCUT2D eigenvalue weighted by molar-refractivity contribution is 6.18. The molecule has 2 aromatic carbocycles. The molecule has 6 heteroatoms. The van der Waals surface area contributed by atoms with Crippen molar-refractivity contribution in [2.24, 2.45) is 13.0 Å². The Balaban J connectivity index is 1.61. The summed E-state index contributed by atoms with van der Waals surface area (Å²) in [6.07, 6.45) is 0.729. The molecule has 0 N–H and O–H groups in total. The van der Waals surface area contributed by atoms with Gasteiger partial charge in [-0.05, 0) is 12.5 Å². The van der Waals surface area contributed by atoms with Gasteiger partial charge in [0.05, 0.1) is 18.4 Å². The number of nitrogens with zero attached hydrogens (tertiary/aromatic N) is 3. The van der Waals surface area contributed by atoms with Gasteiger partial charge in [-0.15, -0.1) is 0 Å². The highest BCUT2D eigenvalue weighted by Crippen LogP contribution is 2.53. The molecule has 2 atom stereocenters. The molecular formula is C23H17N3O3. The quantitative estimate of drug-likeness (QED) is 0.508. The van der Waals surface area contributed by atoms with Gasteiger partial charge >= 0.3 is 0 Å². The summed E-state index contributed by atoms with van der Waals surface area (Å²) < 4.78 is 7.48. The van der Waals surface area contributed by atoms with Crippen LogP contribution in [0.25, 0.3) is 11.3 Å². The van der Waals surface area contributed by atoms with Crippen LogP contribution in [0.1, 0.15) is 44.3 Å². The first-order valence-corrected chi connectivity index (χ1v) is 9.48. The first-order valence-electron chi connectivity index (χ1n) is 9.48. The van der Waals surface area contributed by atoms with E-state index in [0.717, 1.165) is 34.6 Å². The number of Topliss-reactive ketones (excluding diaryl/α,β-unsaturated/α-hetero) is 2. The second-order valence-electron chi connectivity index (χ2n) is 7.30. The van der Waals surface area contributed by atoms with E-state index < -0.39 is 17.5 Å². The minimum atomic E-state index is -1.42. The Labute approximate surface area is 167 Å². The van der Waals surface area contributed by atoms with E-state index in [2.05, 4.69) is 5.10 Å². The van der Waals surface area contributed by atoms with Gasteiger partial charge in [0.15, 0.2) is 11.7 Å². The van der Waals surface area contributed by atoms with Crippen LogP contribution in [-0.2, 0) is 7.05 Å². The van der Waals surface area contributed by atoms with Crippen molar-refractivity contribution in [3.05, 3.63) is 70.9 Å². The molecule has 2 unspecified atom stereocenters. The molecular weight excluding hydrogens is 366 g/mol. The second kappa shape index (κ2) is 6.42. The van der Waals surface area contributed by atoms with Crippen molar-refractivity contribution in [1.29, 1.82) is 5.26 Å². The Hall–Kier alpha value is -3.72. The number of carbonyl (C=O) groups excluding carboxylic acids is 2. The third-order valence-corrected chi connectivity index (χ3v) is 5.71. The molecule has 142 valence electrons. The molecule has 2 heterocycles. The van der Waals surface area contributed by atoms with Crippen LogP contribution in [0.5, 0.6) is 5.75 Å². The summed E-state index contributed by atoms with van der Waals surface area (Å²) in [4.78, 5) is 26.2. The van der Waals surface area contributed by atoms with Crippen molar-refractivity contribution < 1.29 is 14.3 Å². The number of benzene rings is 2. The highest BCUT2D eigenvalue weighted by atomic mass is 16.5. The van der Waals surface area contributed by atoms with E-state index in [1.807, 2.05) is 24.3 Å². The SMILES string of the molecule is Cn1nc(C(=O)C(C#N)C(=O)c2ccccc2)c2c1-c1cccc3c1C2CCO3. The van der Waals surface area contributed by atoms with Crippen LogP contribution in [-0.4, -0.2) is 28.0 Å².